The first-order valence-corrected chi connectivity index (χ1v) is 8.64. The maximum atomic E-state index is 12.7. The molecule has 1 amide bonds. The first kappa shape index (κ1) is 20.6. The third kappa shape index (κ3) is 5.62. The minimum Gasteiger partial charge on any atom is -0.493 e. The SMILES string of the molecule is COc1cc(C(=O)NC(C)(C)COCc2ccccc2)cc(OC)c1OC. The number of carbonyl (C=O) groups is 1. The van der Waals surface area contributed by atoms with E-state index in [1.165, 1.54) is 21.3 Å². The van der Waals surface area contributed by atoms with Crippen molar-refractivity contribution in [1.29, 1.82) is 0 Å². The molecule has 0 saturated heterocycles. The van der Waals surface area contributed by atoms with Crippen LogP contribution in [0.3, 0.4) is 0 Å². The predicted molar refractivity (Wildman–Crippen MR) is 104 cm³/mol. The molecule has 0 unspecified atom stereocenters. The Morgan fingerprint density at radius 1 is 0.963 bits per heavy atom. The van der Waals surface area contributed by atoms with Crippen molar-refractivity contribution in [3.05, 3.63) is 53.6 Å². The Balaban J connectivity index is 2.04. The maximum absolute atomic E-state index is 12.7. The van der Waals surface area contributed by atoms with Crippen LogP contribution in [0.15, 0.2) is 42.5 Å². The fourth-order valence-corrected chi connectivity index (χ4v) is 2.63. The first-order chi connectivity index (χ1) is 12.9. The Labute approximate surface area is 160 Å². The molecule has 0 saturated carbocycles. The van der Waals surface area contributed by atoms with Gasteiger partial charge in [-0.1, -0.05) is 30.3 Å². The predicted octanol–water partition coefficient (Wildman–Crippen LogP) is 3.44. The van der Waals surface area contributed by atoms with Gasteiger partial charge >= 0.3 is 0 Å². The maximum Gasteiger partial charge on any atom is 0.252 e. The second kappa shape index (κ2) is 9.28. The fraction of sp³-hybridized carbons (Fsp3) is 0.381. The molecule has 0 spiro atoms. The molecule has 0 heterocycles. The normalized spacial score (nSPS) is 11.0. The van der Waals surface area contributed by atoms with Gasteiger partial charge in [0.05, 0.1) is 40.1 Å². The average molecular weight is 373 g/mol. The van der Waals surface area contributed by atoms with Crippen molar-refractivity contribution in [2.45, 2.75) is 26.0 Å². The number of benzene rings is 2. The van der Waals surface area contributed by atoms with Crippen LogP contribution in [0.25, 0.3) is 0 Å². The third-order valence-electron chi connectivity index (χ3n) is 3.95. The van der Waals surface area contributed by atoms with Crippen molar-refractivity contribution in [2.24, 2.45) is 0 Å². The highest BCUT2D eigenvalue weighted by Crippen LogP contribution is 2.38. The van der Waals surface area contributed by atoms with Crippen molar-refractivity contribution in [2.75, 3.05) is 27.9 Å². The van der Waals surface area contributed by atoms with Gasteiger partial charge < -0.3 is 24.3 Å². The zero-order valence-electron chi connectivity index (χ0n) is 16.5. The highest BCUT2D eigenvalue weighted by molar-refractivity contribution is 5.96. The molecule has 0 aliphatic carbocycles. The lowest BCUT2D eigenvalue weighted by Crippen LogP contribution is -2.47. The van der Waals surface area contributed by atoms with E-state index in [1.54, 1.807) is 12.1 Å². The van der Waals surface area contributed by atoms with Crippen molar-refractivity contribution >= 4 is 5.91 Å². The van der Waals surface area contributed by atoms with E-state index < -0.39 is 5.54 Å². The fourth-order valence-electron chi connectivity index (χ4n) is 2.63. The van der Waals surface area contributed by atoms with Crippen molar-refractivity contribution in [3.63, 3.8) is 0 Å². The highest BCUT2D eigenvalue weighted by Gasteiger charge is 2.24. The molecule has 0 aromatic heterocycles. The number of amides is 1. The van der Waals surface area contributed by atoms with Gasteiger partial charge in [0.1, 0.15) is 0 Å². The Bertz CT molecular complexity index is 733. The highest BCUT2D eigenvalue weighted by atomic mass is 16.5. The van der Waals surface area contributed by atoms with E-state index in [0.717, 1.165) is 5.56 Å². The number of hydrogen-bond donors (Lipinski definition) is 1. The van der Waals surface area contributed by atoms with E-state index in [1.807, 2.05) is 44.2 Å². The van der Waals surface area contributed by atoms with Gasteiger partial charge in [-0.3, -0.25) is 4.79 Å². The number of nitrogens with one attached hydrogen (secondary N) is 1. The smallest absolute Gasteiger partial charge is 0.252 e. The van der Waals surface area contributed by atoms with Gasteiger partial charge in [0.15, 0.2) is 11.5 Å². The molecule has 0 atom stereocenters. The Morgan fingerprint density at radius 2 is 1.56 bits per heavy atom. The van der Waals surface area contributed by atoms with Gasteiger partial charge in [0, 0.05) is 5.56 Å². The summed E-state index contributed by atoms with van der Waals surface area (Å²) >= 11 is 0. The number of hydrogen-bond acceptors (Lipinski definition) is 5. The lowest BCUT2D eigenvalue weighted by Gasteiger charge is -2.26. The Hall–Kier alpha value is -2.73. The standard InChI is InChI=1S/C21H27NO5/c1-21(2,14-27-13-15-9-7-6-8-10-15)22-20(23)16-11-17(24-3)19(26-5)18(12-16)25-4/h6-12H,13-14H2,1-5H3,(H,22,23). The number of rotatable bonds is 9. The van der Waals surface area contributed by atoms with Crippen LogP contribution in [0.1, 0.15) is 29.8 Å². The van der Waals surface area contributed by atoms with Gasteiger partial charge in [0.2, 0.25) is 5.75 Å². The Kier molecular flexibility index (Phi) is 7.07. The summed E-state index contributed by atoms with van der Waals surface area (Å²) in [6.45, 7) is 4.68. The van der Waals surface area contributed by atoms with Crippen LogP contribution in [-0.4, -0.2) is 39.4 Å². The van der Waals surface area contributed by atoms with Crippen LogP contribution >= 0.6 is 0 Å². The topological polar surface area (TPSA) is 66.0 Å². The largest absolute Gasteiger partial charge is 0.493 e. The zero-order chi connectivity index (χ0) is 19.9. The monoisotopic (exact) mass is 373 g/mol. The summed E-state index contributed by atoms with van der Waals surface area (Å²) < 4.78 is 21.7. The van der Waals surface area contributed by atoms with Crippen LogP contribution in [0.4, 0.5) is 0 Å². The molecular weight excluding hydrogens is 346 g/mol. The molecule has 0 aliphatic rings. The lowest BCUT2D eigenvalue weighted by atomic mass is 10.1. The minimum atomic E-state index is -0.549. The molecular formula is C21H27NO5. The van der Waals surface area contributed by atoms with Crippen LogP contribution < -0.4 is 19.5 Å². The summed E-state index contributed by atoms with van der Waals surface area (Å²) in [5.41, 5.74) is 0.955. The minimum absolute atomic E-state index is 0.248. The molecule has 2 aromatic rings. The quantitative estimate of drug-likeness (QED) is 0.729. The molecule has 2 aromatic carbocycles. The van der Waals surface area contributed by atoms with E-state index in [9.17, 15) is 4.79 Å². The van der Waals surface area contributed by atoms with E-state index >= 15 is 0 Å². The van der Waals surface area contributed by atoms with Crippen LogP contribution in [0, 0.1) is 0 Å². The van der Waals surface area contributed by atoms with Crippen LogP contribution in [0.2, 0.25) is 0 Å². The van der Waals surface area contributed by atoms with Crippen molar-refractivity contribution < 1.29 is 23.7 Å². The van der Waals surface area contributed by atoms with Crippen LogP contribution in [-0.2, 0) is 11.3 Å². The van der Waals surface area contributed by atoms with E-state index in [-0.39, 0.29) is 5.91 Å². The Morgan fingerprint density at radius 3 is 2.07 bits per heavy atom. The van der Waals surface area contributed by atoms with Gasteiger partial charge in [-0.2, -0.15) is 0 Å². The molecule has 6 nitrogen and oxygen atoms in total. The summed E-state index contributed by atoms with van der Waals surface area (Å²) in [6, 6.07) is 13.1. The number of ether oxygens (including phenoxy) is 4. The summed E-state index contributed by atoms with van der Waals surface area (Å²) in [5.74, 6) is 1.06. The van der Waals surface area contributed by atoms with Crippen LogP contribution in [0.5, 0.6) is 17.2 Å². The third-order valence-corrected chi connectivity index (χ3v) is 3.95. The second-order valence-electron chi connectivity index (χ2n) is 6.73. The van der Waals surface area contributed by atoms with Gasteiger partial charge in [-0.05, 0) is 31.5 Å². The van der Waals surface area contributed by atoms with E-state index in [4.69, 9.17) is 18.9 Å². The van der Waals surface area contributed by atoms with Gasteiger partial charge in [0.25, 0.3) is 5.91 Å². The molecule has 0 bridgehead atoms. The summed E-state index contributed by atoms with van der Waals surface area (Å²) in [7, 11) is 4.55. The zero-order valence-corrected chi connectivity index (χ0v) is 16.5. The molecule has 146 valence electrons. The molecule has 0 radical (unpaired) electrons. The summed E-state index contributed by atoms with van der Waals surface area (Å²) in [5, 5.41) is 2.98. The second-order valence-corrected chi connectivity index (χ2v) is 6.73. The molecule has 1 N–H and O–H groups in total. The average Bonchev–Trinajstić information content (AvgIpc) is 2.66. The van der Waals surface area contributed by atoms with Gasteiger partial charge in [-0.15, -0.1) is 0 Å². The summed E-state index contributed by atoms with van der Waals surface area (Å²) in [4.78, 5) is 12.7. The van der Waals surface area contributed by atoms with E-state index in [0.29, 0.717) is 36.0 Å². The van der Waals surface area contributed by atoms with Gasteiger partial charge in [-0.25, -0.2) is 0 Å². The molecule has 6 heteroatoms. The molecule has 27 heavy (non-hydrogen) atoms. The molecule has 0 fully saturated rings. The summed E-state index contributed by atoms with van der Waals surface area (Å²) in [6.07, 6.45) is 0. The molecule has 2 rings (SSSR count). The number of methoxy groups -OCH3 is 3. The van der Waals surface area contributed by atoms with Crippen molar-refractivity contribution in [3.8, 4) is 17.2 Å². The number of carbonyl (C=O) groups excluding carboxylic acids is 1. The van der Waals surface area contributed by atoms with Crippen molar-refractivity contribution in [1.82, 2.24) is 5.32 Å². The first-order valence-electron chi connectivity index (χ1n) is 8.64. The lowest BCUT2D eigenvalue weighted by molar-refractivity contribution is 0.0616. The van der Waals surface area contributed by atoms with E-state index in [2.05, 4.69) is 5.32 Å². The molecule has 0 aliphatic heterocycles.